The summed E-state index contributed by atoms with van der Waals surface area (Å²) in [5.41, 5.74) is 4.16. The Bertz CT molecular complexity index is 741. The molecule has 0 N–H and O–H groups in total. The van der Waals surface area contributed by atoms with Gasteiger partial charge in [0.1, 0.15) is 11.0 Å². The fourth-order valence-corrected chi connectivity index (χ4v) is 2.10. The minimum absolute atomic E-state index is 0.531. The molecule has 0 radical (unpaired) electrons. The van der Waals surface area contributed by atoms with Gasteiger partial charge < -0.3 is 13.5 Å². The number of hydrogen-bond donors (Lipinski definition) is 0. The van der Waals surface area contributed by atoms with Crippen LogP contribution in [-0.4, -0.2) is 28.0 Å². The van der Waals surface area contributed by atoms with Crippen molar-refractivity contribution in [1.29, 1.82) is 0 Å². The van der Waals surface area contributed by atoms with Crippen LogP contribution in [0.25, 0.3) is 22.1 Å². The van der Waals surface area contributed by atoms with E-state index >= 15 is 0 Å². The third-order valence-corrected chi connectivity index (χ3v) is 3.25. The highest BCUT2D eigenvalue weighted by molar-refractivity contribution is 7.74. The summed E-state index contributed by atoms with van der Waals surface area (Å²) in [6.45, 7) is 0.531. The Kier molecular flexibility index (Phi) is 5.91. The van der Waals surface area contributed by atoms with Crippen molar-refractivity contribution in [3.63, 3.8) is 0 Å². The Morgan fingerprint density at radius 1 is 1.05 bits per heavy atom. The second-order valence-electron chi connectivity index (χ2n) is 4.31. The van der Waals surface area contributed by atoms with E-state index in [1.165, 1.54) is 0 Å². The smallest absolute Gasteiger partial charge is 0.253 e. The number of aromatic nitrogens is 2. The average molecular weight is 320 g/mol. The standard InChI is InChI=1S/C14H13N2O.CH4O3S/c1-17-10-16-13-8-4-2-6-11(13)15-12-7-3-5-9-14(12)16;1-4-5(2)3/h2-9H,10H2,1H3;1H3,(H,2,3)/q+1;/p-1. The molecule has 1 atom stereocenters. The van der Waals surface area contributed by atoms with Crippen LogP contribution in [0.2, 0.25) is 0 Å². The topological polar surface area (TPSA) is 75.4 Å². The molecule has 1 unspecified atom stereocenters. The van der Waals surface area contributed by atoms with Gasteiger partial charge in [-0.1, -0.05) is 24.3 Å². The van der Waals surface area contributed by atoms with Crippen molar-refractivity contribution in [2.24, 2.45) is 0 Å². The summed E-state index contributed by atoms with van der Waals surface area (Å²) < 4.78 is 29.4. The summed E-state index contributed by atoms with van der Waals surface area (Å²) in [7, 11) is 2.79. The first kappa shape index (κ1) is 16.4. The van der Waals surface area contributed by atoms with Crippen LogP contribution < -0.4 is 4.57 Å². The molecule has 3 rings (SSSR count). The van der Waals surface area contributed by atoms with Crippen LogP contribution in [0.1, 0.15) is 0 Å². The molecule has 1 heterocycles. The SMILES string of the molecule is COC[n+]1c2ccccc2nc2ccccc21.COS(=O)[O-]. The Morgan fingerprint density at radius 3 is 1.91 bits per heavy atom. The quantitative estimate of drug-likeness (QED) is 0.417. The Labute approximate surface area is 130 Å². The zero-order valence-corrected chi connectivity index (χ0v) is 13.1. The maximum Gasteiger partial charge on any atom is 0.253 e. The second-order valence-corrected chi connectivity index (χ2v) is 5.05. The third-order valence-electron chi connectivity index (χ3n) is 2.98. The summed E-state index contributed by atoms with van der Waals surface area (Å²) in [5.74, 6) is 0. The molecule has 0 spiro atoms. The first-order valence-corrected chi connectivity index (χ1v) is 7.47. The van der Waals surface area contributed by atoms with E-state index in [0.717, 1.165) is 29.2 Å². The lowest BCUT2D eigenvalue weighted by molar-refractivity contribution is -0.683. The summed E-state index contributed by atoms with van der Waals surface area (Å²) in [6, 6.07) is 16.2. The highest BCUT2D eigenvalue weighted by Gasteiger charge is 2.14. The van der Waals surface area contributed by atoms with Gasteiger partial charge in [0.05, 0.1) is 18.5 Å². The zero-order valence-electron chi connectivity index (χ0n) is 12.3. The van der Waals surface area contributed by atoms with E-state index in [1.54, 1.807) is 7.11 Å². The fourth-order valence-electron chi connectivity index (χ4n) is 2.10. The van der Waals surface area contributed by atoms with E-state index in [-0.39, 0.29) is 0 Å². The minimum atomic E-state index is -2.32. The van der Waals surface area contributed by atoms with Crippen LogP contribution in [0.5, 0.6) is 0 Å². The molecule has 116 valence electrons. The van der Waals surface area contributed by atoms with Crippen molar-refractivity contribution >= 4 is 33.4 Å². The van der Waals surface area contributed by atoms with E-state index in [9.17, 15) is 0 Å². The van der Waals surface area contributed by atoms with Crippen LogP contribution in [0.4, 0.5) is 0 Å². The molecule has 0 bridgehead atoms. The molecule has 0 aliphatic rings. The van der Waals surface area contributed by atoms with Crippen molar-refractivity contribution in [3.8, 4) is 0 Å². The van der Waals surface area contributed by atoms with Gasteiger partial charge in [-0.25, -0.2) is 9.19 Å². The van der Waals surface area contributed by atoms with E-state index in [4.69, 9.17) is 13.5 Å². The van der Waals surface area contributed by atoms with E-state index < -0.39 is 11.4 Å². The van der Waals surface area contributed by atoms with Gasteiger partial charge in [-0.2, -0.15) is 4.57 Å². The lowest BCUT2D eigenvalue weighted by atomic mass is 10.2. The highest BCUT2D eigenvalue weighted by Crippen LogP contribution is 2.13. The Balaban J connectivity index is 0.000000309. The molecule has 0 amide bonds. The summed E-state index contributed by atoms with van der Waals surface area (Å²) in [5, 5.41) is 0. The Hall–Kier alpha value is -1.93. The minimum Gasteiger partial charge on any atom is -0.750 e. The number of methoxy groups -OCH3 is 1. The predicted octanol–water partition coefficient (Wildman–Crippen LogP) is 1.71. The summed E-state index contributed by atoms with van der Waals surface area (Å²) in [6.07, 6.45) is 0. The van der Waals surface area contributed by atoms with Gasteiger partial charge in [0.15, 0.2) is 0 Å². The number of benzene rings is 2. The van der Waals surface area contributed by atoms with E-state index in [0.29, 0.717) is 6.73 Å². The van der Waals surface area contributed by atoms with Crippen molar-refractivity contribution < 1.29 is 22.2 Å². The summed E-state index contributed by atoms with van der Waals surface area (Å²) >= 11 is -2.32. The molecule has 0 aliphatic carbocycles. The van der Waals surface area contributed by atoms with Gasteiger partial charge in [-0.3, -0.25) is 0 Å². The lowest BCUT2D eigenvalue weighted by Crippen LogP contribution is -2.36. The molecule has 6 nitrogen and oxygen atoms in total. The fraction of sp³-hybridized carbons (Fsp3) is 0.200. The molecule has 1 aromatic heterocycles. The largest absolute Gasteiger partial charge is 0.750 e. The zero-order chi connectivity index (χ0) is 15.9. The number of ether oxygens (including phenoxy) is 1. The normalized spacial score (nSPS) is 12.0. The van der Waals surface area contributed by atoms with Gasteiger partial charge in [0.2, 0.25) is 11.0 Å². The van der Waals surface area contributed by atoms with Crippen LogP contribution in [0.15, 0.2) is 48.5 Å². The molecule has 2 aromatic carbocycles. The maximum absolute atomic E-state index is 9.15. The van der Waals surface area contributed by atoms with E-state index in [1.807, 2.05) is 36.4 Å². The van der Waals surface area contributed by atoms with Crippen molar-refractivity contribution in [2.75, 3.05) is 14.2 Å². The molecule has 0 aliphatic heterocycles. The highest BCUT2D eigenvalue weighted by atomic mass is 32.2. The van der Waals surface area contributed by atoms with Crippen LogP contribution in [-0.2, 0) is 27.0 Å². The number of hydrogen-bond acceptors (Lipinski definition) is 5. The third kappa shape index (κ3) is 3.83. The Morgan fingerprint density at radius 2 is 1.50 bits per heavy atom. The molecule has 0 fully saturated rings. The number of fused-ring (bicyclic) bond motifs is 2. The van der Waals surface area contributed by atoms with Gasteiger partial charge in [-0.05, 0) is 12.1 Å². The second kappa shape index (κ2) is 7.90. The number of nitrogens with zero attached hydrogens (tertiary/aromatic N) is 2. The van der Waals surface area contributed by atoms with Crippen LogP contribution in [0.3, 0.4) is 0 Å². The first-order chi connectivity index (χ1) is 10.7. The number of para-hydroxylation sites is 4. The first-order valence-electron chi connectivity index (χ1n) is 6.47. The van der Waals surface area contributed by atoms with Gasteiger partial charge in [0, 0.05) is 19.2 Å². The molecule has 0 saturated heterocycles. The van der Waals surface area contributed by atoms with E-state index in [2.05, 4.69) is 25.9 Å². The lowest BCUT2D eigenvalue weighted by Gasteiger charge is -2.03. The van der Waals surface area contributed by atoms with Crippen molar-refractivity contribution in [3.05, 3.63) is 48.5 Å². The predicted molar refractivity (Wildman–Crippen MR) is 82.4 cm³/mol. The molecule has 22 heavy (non-hydrogen) atoms. The molecular weight excluding hydrogens is 304 g/mol. The molecule has 7 heteroatoms. The molecule has 3 aromatic rings. The average Bonchev–Trinajstić information content (AvgIpc) is 2.55. The van der Waals surface area contributed by atoms with Crippen LogP contribution in [0, 0.1) is 0 Å². The molecular formula is C15H16N2O4S. The molecule has 0 saturated carbocycles. The van der Waals surface area contributed by atoms with Crippen molar-refractivity contribution in [2.45, 2.75) is 6.73 Å². The van der Waals surface area contributed by atoms with Crippen molar-refractivity contribution in [1.82, 2.24) is 4.98 Å². The van der Waals surface area contributed by atoms with Gasteiger partial charge in [0.25, 0.3) is 6.73 Å². The maximum atomic E-state index is 9.15. The van der Waals surface area contributed by atoms with Gasteiger partial charge >= 0.3 is 0 Å². The number of rotatable bonds is 3. The summed E-state index contributed by atoms with van der Waals surface area (Å²) in [4.78, 5) is 4.64. The van der Waals surface area contributed by atoms with Gasteiger partial charge in [-0.15, -0.1) is 0 Å². The monoisotopic (exact) mass is 320 g/mol. The van der Waals surface area contributed by atoms with Crippen LogP contribution >= 0.6 is 0 Å².